The van der Waals surface area contributed by atoms with Crippen LogP contribution in [0, 0.1) is 5.82 Å². The number of anilines is 1. The Balaban J connectivity index is 1.51. The maximum absolute atomic E-state index is 15.4. The lowest BCUT2D eigenvalue weighted by Crippen LogP contribution is -3.12. The maximum atomic E-state index is 15.4. The molecule has 1 fully saturated rings. The average molecular weight is 497 g/mol. The molecule has 11 heteroatoms. The molecule has 3 heterocycles. The molecular formula is C25H27FN5O5+. The zero-order chi connectivity index (χ0) is 25.6. The van der Waals surface area contributed by atoms with Gasteiger partial charge < -0.3 is 24.2 Å². The number of ether oxygens (including phenoxy) is 1. The van der Waals surface area contributed by atoms with Gasteiger partial charge in [0, 0.05) is 11.8 Å². The van der Waals surface area contributed by atoms with Gasteiger partial charge in [-0.1, -0.05) is 6.07 Å². The van der Waals surface area contributed by atoms with Crippen LogP contribution in [0.25, 0.3) is 10.9 Å². The van der Waals surface area contributed by atoms with Crippen molar-refractivity contribution < 1.29 is 28.7 Å². The van der Waals surface area contributed by atoms with Crippen molar-refractivity contribution in [3.8, 4) is 11.5 Å². The Morgan fingerprint density at radius 1 is 1.17 bits per heavy atom. The van der Waals surface area contributed by atoms with Crippen LogP contribution in [0.2, 0.25) is 0 Å². The quantitative estimate of drug-likeness (QED) is 0.385. The molecule has 36 heavy (non-hydrogen) atoms. The summed E-state index contributed by atoms with van der Waals surface area (Å²) in [5, 5.41) is 9.58. The van der Waals surface area contributed by atoms with E-state index in [1.54, 1.807) is 4.57 Å². The fraction of sp³-hybridized carbons (Fsp3) is 0.320. The highest BCUT2D eigenvalue weighted by Crippen LogP contribution is 2.41. The second kappa shape index (κ2) is 9.15. The van der Waals surface area contributed by atoms with Crippen molar-refractivity contribution in [1.29, 1.82) is 0 Å². The highest BCUT2D eigenvalue weighted by Gasteiger charge is 2.31. The van der Waals surface area contributed by atoms with Crippen LogP contribution in [0.3, 0.4) is 0 Å². The van der Waals surface area contributed by atoms with Crippen molar-refractivity contribution in [2.24, 2.45) is 0 Å². The Hall–Kier alpha value is -4.12. The molecule has 0 saturated carbocycles. The van der Waals surface area contributed by atoms with E-state index >= 15 is 4.39 Å². The first-order chi connectivity index (χ1) is 17.2. The van der Waals surface area contributed by atoms with Crippen LogP contribution in [0.1, 0.15) is 33.7 Å². The summed E-state index contributed by atoms with van der Waals surface area (Å²) in [5.41, 5.74) is 4.46. The molecule has 1 atom stereocenters. The number of nitrogens with zero attached hydrogens (tertiary/aromatic N) is 2. The summed E-state index contributed by atoms with van der Waals surface area (Å²) in [6, 6.07) is 6.54. The summed E-state index contributed by atoms with van der Waals surface area (Å²) >= 11 is 0. The molecule has 0 radical (unpaired) electrons. The highest BCUT2D eigenvalue weighted by atomic mass is 19.1. The van der Waals surface area contributed by atoms with E-state index in [1.807, 2.05) is 11.8 Å². The molecule has 2 aromatic carbocycles. The van der Waals surface area contributed by atoms with Gasteiger partial charge >= 0.3 is 0 Å². The summed E-state index contributed by atoms with van der Waals surface area (Å²) in [6.45, 7) is 5.14. The topological polar surface area (TPSA) is 117 Å². The summed E-state index contributed by atoms with van der Waals surface area (Å²) in [7, 11) is 2.09. The second-order valence-corrected chi connectivity index (χ2v) is 9.27. The Labute approximate surface area is 205 Å². The smallest absolute Gasteiger partial charge is 0.275 e. The van der Waals surface area contributed by atoms with Gasteiger partial charge in [0.05, 0.1) is 50.2 Å². The number of quaternary nitrogens is 1. The van der Waals surface area contributed by atoms with Crippen molar-refractivity contribution in [2.45, 2.75) is 13.0 Å². The predicted octanol–water partition coefficient (Wildman–Crippen LogP) is 0.209. The number of hydrogen-bond donors (Lipinski definition) is 4. The molecule has 0 spiro atoms. The van der Waals surface area contributed by atoms with Gasteiger partial charge in [-0.25, -0.2) is 4.39 Å². The van der Waals surface area contributed by atoms with Crippen LogP contribution >= 0.6 is 0 Å². The number of nitrogens with one attached hydrogen (secondary N) is 3. The number of aromatic nitrogens is 1. The predicted molar refractivity (Wildman–Crippen MR) is 130 cm³/mol. The lowest BCUT2D eigenvalue weighted by Gasteiger charge is -2.35. The van der Waals surface area contributed by atoms with Gasteiger partial charge in [0.1, 0.15) is 23.6 Å². The number of pyridine rings is 1. The van der Waals surface area contributed by atoms with E-state index in [0.717, 1.165) is 13.1 Å². The number of likely N-dealkylation sites (N-methyl/N-ethyl adjacent to an activating group) is 1. The number of phenolic OH excluding ortho intramolecular Hbond substituents is 1. The van der Waals surface area contributed by atoms with Gasteiger partial charge in [0.15, 0.2) is 11.6 Å². The zero-order valence-electron chi connectivity index (χ0n) is 19.9. The molecule has 0 bridgehead atoms. The standard InChI is InChI=1S/C25H26FN5O5/c1-14-13-36-23-20-17(11-19(26)21(23)30-8-6-29(2)7-9-30)22(33)18(12-31(14)20)25(35)28-27-24(34)15-4-3-5-16(32)10-15/h3-5,10-12,14,32H,6-9,13H2,1-2H3,(H,27,34)(H,28,35)/p+1/t14-/m0/s1. The molecule has 4 N–H and O–H groups in total. The largest absolute Gasteiger partial charge is 0.508 e. The normalized spacial score (nSPS) is 17.5. The monoisotopic (exact) mass is 496 g/mol. The van der Waals surface area contributed by atoms with Gasteiger partial charge in [0.25, 0.3) is 11.8 Å². The highest BCUT2D eigenvalue weighted by molar-refractivity contribution is 6.02. The number of amides is 2. The maximum Gasteiger partial charge on any atom is 0.275 e. The number of piperazine rings is 1. The van der Waals surface area contributed by atoms with Crippen molar-refractivity contribution in [2.75, 3.05) is 44.7 Å². The van der Waals surface area contributed by atoms with Crippen molar-refractivity contribution in [3.63, 3.8) is 0 Å². The molecule has 5 rings (SSSR count). The third-order valence-corrected chi connectivity index (χ3v) is 6.72. The van der Waals surface area contributed by atoms with Gasteiger partial charge in [-0.15, -0.1) is 0 Å². The lowest BCUT2D eigenvalue weighted by atomic mass is 10.0. The number of carbonyl (C=O) groups is 2. The number of benzene rings is 2. The van der Waals surface area contributed by atoms with Crippen molar-refractivity contribution in [1.82, 2.24) is 15.4 Å². The molecule has 0 aliphatic carbocycles. The lowest BCUT2D eigenvalue weighted by molar-refractivity contribution is -0.880. The molecule has 2 amide bonds. The third-order valence-electron chi connectivity index (χ3n) is 6.72. The van der Waals surface area contributed by atoms with E-state index in [1.165, 1.54) is 41.4 Å². The Morgan fingerprint density at radius 3 is 2.61 bits per heavy atom. The Bertz CT molecular complexity index is 1430. The van der Waals surface area contributed by atoms with Crippen LogP contribution in [-0.4, -0.2) is 61.3 Å². The summed E-state index contributed by atoms with van der Waals surface area (Å²) in [5.74, 6) is -1.89. The van der Waals surface area contributed by atoms with Gasteiger partial charge in [-0.2, -0.15) is 0 Å². The Kier molecular flexibility index (Phi) is 6.00. The molecule has 2 aliphatic heterocycles. The van der Waals surface area contributed by atoms with E-state index in [4.69, 9.17) is 4.74 Å². The first-order valence-electron chi connectivity index (χ1n) is 11.7. The fourth-order valence-electron chi connectivity index (χ4n) is 4.68. The first-order valence-corrected chi connectivity index (χ1v) is 11.7. The number of carbonyl (C=O) groups excluding carboxylic acids is 2. The minimum absolute atomic E-state index is 0.0320. The molecule has 1 saturated heterocycles. The molecular weight excluding hydrogens is 469 g/mol. The van der Waals surface area contributed by atoms with E-state index in [2.05, 4.69) is 17.9 Å². The number of hydrazine groups is 1. The SMILES string of the molecule is C[C@H]1COc2c(N3CC[NH+](C)CC3)c(F)cc3c(=O)c(C(=O)NNC(=O)c4cccc(O)c4)cn1c23. The minimum Gasteiger partial charge on any atom is -0.508 e. The summed E-state index contributed by atoms with van der Waals surface area (Å²) in [6.07, 6.45) is 1.42. The van der Waals surface area contributed by atoms with E-state index in [0.29, 0.717) is 30.0 Å². The third kappa shape index (κ3) is 4.11. The van der Waals surface area contributed by atoms with Gasteiger partial charge in [0.2, 0.25) is 5.43 Å². The zero-order valence-corrected chi connectivity index (χ0v) is 19.9. The number of aromatic hydroxyl groups is 1. The van der Waals surface area contributed by atoms with Crippen LogP contribution in [0.5, 0.6) is 11.5 Å². The molecule has 2 aliphatic rings. The summed E-state index contributed by atoms with van der Waals surface area (Å²) < 4.78 is 23.2. The van der Waals surface area contributed by atoms with Crippen LogP contribution in [0.15, 0.2) is 41.3 Å². The van der Waals surface area contributed by atoms with E-state index < -0.39 is 23.1 Å². The average Bonchev–Trinajstić information content (AvgIpc) is 2.86. The first kappa shape index (κ1) is 23.6. The van der Waals surface area contributed by atoms with Crippen LogP contribution < -0.4 is 30.8 Å². The van der Waals surface area contributed by atoms with Gasteiger partial charge in [-0.05, 0) is 31.2 Å². The molecule has 188 valence electrons. The van der Waals surface area contributed by atoms with Crippen molar-refractivity contribution in [3.05, 3.63) is 63.7 Å². The molecule has 1 aromatic heterocycles. The summed E-state index contributed by atoms with van der Waals surface area (Å²) in [4.78, 5) is 41.8. The van der Waals surface area contributed by atoms with Gasteiger partial charge in [-0.3, -0.25) is 25.2 Å². The number of hydrogen-bond acceptors (Lipinski definition) is 6. The number of phenols is 1. The fourth-order valence-corrected chi connectivity index (χ4v) is 4.68. The minimum atomic E-state index is -0.842. The number of halogens is 1. The molecule has 3 aromatic rings. The second-order valence-electron chi connectivity index (χ2n) is 9.27. The Morgan fingerprint density at radius 2 is 1.89 bits per heavy atom. The van der Waals surface area contributed by atoms with E-state index in [9.17, 15) is 19.5 Å². The van der Waals surface area contributed by atoms with Crippen LogP contribution in [-0.2, 0) is 0 Å². The number of rotatable bonds is 3. The van der Waals surface area contributed by atoms with Crippen molar-refractivity contribution >= 4 is 28.4 Å². The molecule has 0 unspecified atom stereocenters. The van der Waals surface area contributed by atoms with Crippen LogP contribution in [0.4, 0.5) is 10.1 Å². The molecule has 10 nitrogen and oxygen atoms in total. The van der Waals surface area contributed by atoms with E-state index in [-0.39, 0.29) is 34.9 Å².